The van der Waals surface area contributed by atoms with Gasteiger partial charge in [-0.1, -0.05) is 31.5 Å². The first-order chi connectivity index (χ1) is 9.02. The van der Waals surface area contributed by atoms with Crippen molar-refractivity contribution in [3.05, 3.63) is 35.6 Å². The van der Waals surface area contributed by atoms with Gasteiger partial charge in [0.1, 0.15) is 5.82 Å². The highest BCUT2D eigenvalue weighted by Gasteiger charge is 2.16. The van der Waals surface area contributed by atoms with Crippen LogP contribution in [-0.4, -0.2) is 23.0 Å². The molecule has 1 aromatic rings. The Bertz CT molecular complexity index is 448. The maximum Gasteiger partial charge on any atom is 0.305 e. The molecule has 0 fully saturated rings. The van der Waals surface area contributed by atoms with Crippen molar-refractivity contribution < 1.29 is 19.1 Å². The summed E-state index contributed by atoms with van der Waals surface area (Å²) in [5.74, 6) is -1.74. The molecule has 1 rings (SSSR count). The summed E-state index contributed by atoms with van der Waals surface area (Å²) in [4.78, 5) is 22.4. The maximum absolute atomic E-state index is 13.4. The highest BCUT2D eigenvalue weighted by Crippen LogP contribution is 2.08. The predicted molar refractivity (Wildman–Crippen MR) is 69.2 cm³/mol. The standard InChI is InChI=1S/C14H18FNO3/c1-2-5-11(9-14(18)19)16-13(17)8-10-6-3-4-7-12(10)15/h3-4,6-7,11H,2,5,8-9H2,1H3,(H,16,17)(H,18,19). The number of carboxylic acid groups (broad SMARTS) is 1. The Morgan fingerprint density at radius 2 is 2.05 bits per heavy atom. The van der Waals surface area contributed by atoms with Crippen molar-refractivity contribution in [1.29, 1.82) is 0 Å². The highest BCUT2D eigenvalue weighted by atomic mass is 19.1. The van der Waals surface area contributed by atoms with Crippen LogP contribution in [0.4, 0.5) is 4.39 Å². The summed E-state index contributed by atoms with van der Waals surface area (Å²) >= 11 is 0. The van der Waals surface area contributed by atoms with E-state index in [9.17, 15) is 14.0 Å². The monoisotopic (exact) mass is 267 g/mol. The SMILES string of the molecule is CCCC(CC(=O)O)NC(=O)Cc1ccccc1F. The van der Waals surface area contributed by atoms with Crippen LogP contribution in [0, 0.1) is 5.82 Å². The van der Waals surface area contributed by atoms with E-state index in [0.29, 0.717) is 12.0 Å². The molecular formula is C14H18FNO3. The molecule has 0 aliphatic rings. The minimum atomic E-state index is -0.954. The van der Waals surface area contributed by atoms with Gasteiger partial charge in [-0.15, -0.1) is 0 Å². The second-order valence-electron chi connectivity index (χ2n) is 4.42. The number of amides is 1. The van der Waals surface area contributed by atoms with E-state index in [-0.39, 0.29) is 18.7 Å². The number of rotatable bonds is 7. The van der Waals surface area contributed by atoms with Crippen molar-refractivity contribution in [2.45, 2.75) is 38.6 Å². The van der Waals surface area contributed by atoms with E-state index in [1.165, 1.54) is 6.07 Å². The summed E-state index contributed by atoms with van der Waals surface area (Å²) in [6, 6.07) is 5.65. The summed E-state index contributed by atoms with van der Waals surface area (Å²) in [6.07, 6.45) is 1.18. The normalized spacial score (nSPS) is 11.9. The number of nitrogens with one attached hydrogen (secondary N) is 1. The number of hydrogen-bond acceptors (Lipinski definition) is 2. The van der Waals surface area contributed by atoms with Crippen molar-refractivity contribution in [1.82, 2.24) is 5.32 Å². The lowest BCUT2D eigenvalue weighted by Gasteiger charge is -2.16. The van der Waals surface area contributed by atoms with E-state index >= 15 is 0 Å². The highest BCUT2D eigenvalue weighted by molar-refractivity contribution is 5.79. The molecule has 5 heteroatoms. The molecule has 1 aromatic carbocycles. The lowest BCUT2D eigenvalue weighted by Crippen LogP contribution is -2.37. The molecule has 0 radical (unpaired) electrons. The van der Waals surface area contributed by atoms with E-state index in [2.05, 4.69) is 5.32 Å². The molecule has 0 aliphatic heterocycles. The second kappa shape index (κ2) is 7.51. The largest absolute Gasteiger partial charge is 0.481 e. The van der Waals surface area contributed by atoms with Crippen LogP contribution in [0.1, 0.15) is 31.7 Å². The summed E-state index contributed by atoms with van der Waals surface area (Å²) in [6.45, 7) is 1.91. The Labute approximate surface area is 111 Å². The number of aliphatic carboxylic acids is 1. The Morgan fingerprint density at radius 3 is 2.63 bits per heavy atom. The zero-order valence-electron chi connectivity index (χ0n) is 10.9. The van der Waals surface area contributed by atoms with Gasteiger partial charge >= 0.3 is 5.97 Å². The molecule has 0 heterocycles. The zero-order chi connectivity index (χ0) is 14.3. The molecule has 19 heavy (non-hydrogen) atoms. The lowest BCUT2D eigenvalue weighted by atomic mass is 10.1. The molecule has 0 bridgehead atoms. The summed E-state index contributed by atoms with van der Waals surface area (Å²) < 4.78 is 13.4. The van der Waals surface area contributed by atoms with E-state index in [0.717, 1.165) is 6.42 Å². The van der Waals surface area contributed by atoms with Crippen LogP contribution < -0.4 is 5.32 Å². The first kappa shape index (κ1) is 15.1. The van der Waals surface area contributed by atoms with Crippen LogP contribution >= 0.6 is 0 Å². The summed E-state index contributed by atoms with van der Waals surface area (Å²) in [5.41, 5.74) is 0.311. The van der Waals surface area contributed by atoms with Crippen molar-refractivity contribution in [2.75, 3.05) is 0 Å². The number of carboxylic acids is 1. The average Bonchev–Trinajstić information content (AvgIpc) is 2.31. The smallest absolute Gasteiger partial charge is 0.305 e. The van der Waals surface area contributed by atoms with Gasteiger partial charge in [0.05, 0.1) is 12.8 Å². The third-order valence-corrected chi connectivity index (χ3v) is 2.73. The lowest BCUT2D eigenvalue weighted by molar-refractivity contribution is -0.137. The minimum Gasteiger partial charge on any atom is -0.481 e. The Morgan fingerprint density at radius 1 is 1.37 bits per heavy atom. The van der Waals surface area contributed by atoms with Crippen molar-refractivity contribution in [3.8, 4) is 0 Å². The van der Waals surface area contributed by atoms with Crippen LogP contribution in [0.3, 0.4) is 0 Å². The van der Waals surface area contributed by atoms with Gasteiger partial charge in [0.15, 0.2) is 0 Å². The first-order valence-electron chi connectivity index (χ1n) is 6.27. The van der Waals surface area contributed by atoms with Crippen LogP contribution in [-0.2, 0) is 16.0 Å². The topological polar surface area (TPSA) is 66.4 Å². The fourth-order valence-corrected chi connectivity index (χ4v) is 1.88. The zero-order valence-corrected chi connectivity index (χ0v) is 10.9. The van der Waals surface area contributed by atoms with Crippen LogP contribution in [0.5, 0.6) is 0 Å². The van der Waals surface area contributed by atoms with Crippen molar-refractivity contribution in [3.63, 3.8) is 0 Å². The van der Waals surface area contributed by atoms with Crippen LogP contribution in [0.15, 0.2) is 24.3 Å². The van der Waals surface area contributed by atoms with Crippen molar-refractivity contribution >= 4 is 11.9 Å². The van der Waals surface area contributed by atoms with Gasteiger partial charge in [-0.2, -0.15) is 0 Å². The van der Waals surface area contributed by atoms with E-state index in [4.69, 9.17) is 5.11 Å². The average molecular weight is 267 g/mol. The third kappa shape index (κ3) is 5.50. The fourth-order valence-electron chi connectivity index (χ4n) is 1.88. The Kier molecular flexibility index (Phi) is 5.99. The molecule has 0 spiro atoms. The van der Waals surface area contributed by atoms with Gasteiger partial charge in [0.25, 0.3) is 0 Å². The van der Waals surface area contributed by atoms with E-state index < -0.39 is 17.8 Å². The number of halogens is 1. The van der Waals surface area contributed by atoms with E-state index in [1.54, 1.807) is 18.2 Å². The molecule has 1 atom stereocenters. The maximum atomic E-state index is 13.4. The third-order valence-electron chi connectivity index (χ3n) is 2.73. The van der Waals surface area contributed by atoms with Gasteiger partial charge in [-0.25, -0.2) is 4.39 Å². The molecule has 0 aliphatic carbocycles. The Balaban J connectivity index is 2.57. The van der Waals surface area contributed by atoms with Gasteiger partial charge in [-0.05, 0) is 18.1 Å². The molecule has 4 nitrogen and oxygen atoms in total. The molecule has 104 valence electrons. The second-order valence-corrected chi connectivity index (χ2v) is 4.42. The summed E-state index contributed by atoms with van der Waals surface area (Å²) in [5, 5.41) is 11.4. The number of carbonyl (C=O) groups is 2. The molecule has 1 unspecified atom stereocenters. The Hall–Kier alpha value is -1.91. The van der Waals surface area contributed by atoms with Crippen molar-refractivity contribution in [2.24, 2.45) is 0 Å². The van der Waals surface area contributed by atoms with Crippen LogP contribution in [0.25, 0.3) is 0 Å². The predicted octanol–water partition coefficient (Wildman–Crippen LogP) is 2.13. The van der Waals surface area contributed by atoms with Gasteiger partial charge in [0.2, 0.25) is 5.91 Å². The minimum absolute atomic E-state index is 0.0769. The molecule has 2 N–H and O–H groups in total. The number of benzene rings is 1. The fraction of sp³-hybridized carbons (Fsp3) is 0.429. The molecule has 0 saturated heterocycles. The quantitative estimate of drug-likeness (QED) is 0.795. The summed E-state index contributed by atoms with van der Waals surface area (Å²) in [7, 11) is 0. The van der Waals surface area contributed by atoms with Gasteiger partial charge in [0, 0.05) is 6.04 Å². The number of hydrogen-bond donors (Lipinski definition) is 2. The van der Waals surface area contributed by atoms with Gasteiger partial charge < -0.3 is 10.4 Å². The van der Waals surface area contributed by atoms with Gasteiger partial charge in [-0.3, -0.25) is 9.59 Å². The number of carbonyl (C=O) groups excluding carboxylic acids is 1. The molecule has 0 saturated carbocycles. The molecule has 0 aromatic heterocycles. The van der Waals surface area contributed by atoms with Crippen LogP contribution in [0.2, 0.25) is 0 Å². The molecule has 1 amide bonds. The first-order valence-corrected chi connectivity index (χ1v) is 6.27. The molecular weight excluding hydrogens is 249 g/mol. The van der Waals surface area contributed by atoms with E-state index in [1.807, 2.05) is 6.92 Å².